The highest BCUT2D eigenvalue weighted by Gasteiger charge is 2.24. The van der Waals surface area contributed by atoms with Crippen LogP contribution < -0.4 is 5.43 Å². The lowest BCUT2D eigenvalue weighted by Crippen LogP contribution is -2.23. The highest BCUT2D eigenvalue weighted by atomic mass is 19.3. The first-order valence-electron chi connectivity index (χ1n) is 8.96. The molecule has 1 aliphatic rings. The molecule has 0 radical (unpaired) electrons. The second-order valence-electron chi connectivity index (χ2n) is 6.95. The molecule has 5 nitrogen and oxygen atoms in total. The van der Waals surface area contributed by atoms with Gasteiger partial charge in [-0.15, -0.1) is 0 Å². The predicted molar refractivity (Wildman–Crippen MR) is 95.7 cm³/mol. The summed E-state index contributed by atoms with van der Waals surface area (Å²) in [5, 5.41) is 1.57. The lowest BCUT2D eigenvalue weighted by Gasteiger charge is -2.31. The summed E-state index contributed by atoms with van der Waals surface area (Å²) in [7, 11) is 0. The van der Waals surface area contributed by atoms with Crippen LogP contribution in [0.15, 0.2) is 35.5 Å². The van der Waals surface area contributed by atoms with E-state index >= 15 is 0 Å². The van der Waals surface area contributed by atoms with Crippen molar-refractivity contribution in [2.24, 2.45) is 5.92 Å². The Kier molecular flexibility index (Phi) is 4.72. The zero-order valence-electron chi connectivity index (χ0n) is 14.3. The van der Waals surface area contributed by atoms with Gasteiger partial charge in [0.15, 0.2) is 5.43 Å². The number of halogens is 2. The molecule has 4 rings (SSSR count). The van der Waals surface area contributed by atoms with E-state index in [1.807, 2.05) is 18.5 Å². The van der Waals surface area contributed by atoms with E-state index in [0.29, 0.717) is 17.9 Å². The summed E-state index contributed by atoms with van der Waals surface area (Å²) in [4.78, 5) is 19.7. The van der Waals surface area contributed by atoms with E-state index in [-0.39, 0.29) is 11.5 Å². The molecule has 3 aromatic rings. The molecular weight excluding hydrogens is 340 g/mol. The van der Waals surface area contributed by atoms with E-state index in [4.69, 9.17) is 4.74 Å². The van der Waals surface area contributed by atoms with Crippen molar-refractivity contribution in [3.05, 3.63) is 40.9 Å². The predicted octanol–water partition coefficient (Wildman–Crippen LogP) is 3.89. The number of nitrogens with one attached hydrogen (secondary N) is 1. The molecule has 138 valence electrons. The van der Waals surface area contributed by atoms with Crippen molar-refractivity contribution in [1.82, 2.24) is 14.5 Å². The third-order valence-corrected chi connectivity index (χ3v) is 5.28. The Morgan fingerprint density at radius 1 is 1.23 bits per heavy atom. The molecule has 0 spiro atoms. The van der Waals surface area contributed by atoms with E-state index in [2.05, 4.69) is 14.5 Å². The maximum atomic E-state index is 12.3. The molecule has 0 aliphatic heterocycles. The van der Waals surface area contributed by atoms with Gasteiger partial charge in [-0.3, -0.25) is 4.79 Å². The van der Waals surface area contributed by atoms with Crippen LogP contribution in [0.25, 0.3) is 21.9 Å². The number of rotatable bonds is 5. The number of ether oxygens (including phenoxy) is 1. The molecule has 3 heterocycles. The van der Waals surface area contributed by atoms with Gasteiger partial charge in [-0.2, -0.15) is 0 Å². The van der Waals surface area contributed by atoms with Crippen molar-refractivity contribution >= 4 is 21.9 Å². The zero-order valence-corrected chi connectivity index (χ0v) is 14.3. The maximum Gasteiger partial charge on any atom is 0.261 e. The highest BCUT2D eigenvalue weighted by molar-refractivity contribution is 6.02. The highest BCUT2D eigenvalue weighted by Crippen LogP contribution is 2.35. The number of hydrogen-bond donors (Lipinski definition) is 1. The minimum Gasteiger partial charge on any atom is -0.375 e. The van der Waals surface area contributed by atoms with Gasteiger partial charge in [-0.25, -0.2) is 13.8 Å². The van der Waals surface area contributed by atoms with Crippen LogP contribution in [0.2, 0.25) is 0 Å². The summed E-state index contributed by atoms with van der Waals surface area (Å²) < 4.78 is 31.7. The van der Waals surface area contributed by atoms with Gasteiger partial charge < -0.3 is 14.3 Å². The van der Waals surface area contributed by atoms with Crippen LogP contribution in [0.3, 0.4) is 0 Å². The van der Waals surface area contributed by atoms with E-state index in [0.717, 1.165) is 42.2 Å². The average molecular weight is 361 g/mol. The molecule has 1 fully saturated rings. The lowest BCUT2D eigenvalue weighted by molar-refractivity contribution is -0.00248. The van der Waals surface area contributed by atoms with Crippen molar-refractivity contribution < 1.29 is 13.5 Å². The Bertz CT molecular complexity index is 958. The lowest BCUT2D eigenvalue weighted by atomic mass is 9.86. The summed E-state index contributed by atoms with van der Waals surface area (Å²) >= 11 is 0. The van der Waals surface area contributed by atoms with Crippen LogP contribution in [0, 0.1) is 5.92 Å². The third-order valence-electron chi connectivity index (χ3n) is 5.28. The smallest absolute Gasteiger partial charge is 0.261 e. The average Bonchev–Trinajstić information content (AvgIpc) is 3.11. The Hall–Kier alpha value is -2.28. The number of aromatic amines is 1. The van der Waals surface area contributed by atoms with Crippen molar-refractivity contribution in [2.75, 3.05) is 13.2 Å². The number of alkyl halides is 2. The molecule has 1 saturated carbocycles. The number of H-pyrrole nitrogens is 1. The summed E-state index contributed by atoms with van der Waals surface area (Å²) in [5.74, 6) is 0.324. The van der Waals surface area contributed by atoms with Crippen molar-refractivity contribution in [2.45, 2.75) is 38.2 Å². The first kappa shape index (κ1) is 17.1. The Morgan fingerprint density at radius 2 is 2.04 bits per heavy atom. The van der Waals surface area contributed by atoms with Gasteiger partial charge >= 0.3 is 0 Å². The number of aromatic nitrogens is 3. The van der Waals surface area contributed by atoms with Gasteiger partial charge in [0.1, 0.15) is 12.3 Å². The van der Waals surface area contributed by atoms with Gasteiger partial charge in [-0.1, -0.05) is 0 Å². The van der Waals surface area contributed by atoms with Gasteiger partial charge in [0.25, 0.3) is 6.43 Å². The molecule has 1 aliphatic carbocycles. The normalized spacial score (nSPS) is 21.0. The number of fused-ring (bicyclic) bond motifs is 3. The van der Waals surface area contributed by atoms with Gasteiger partial charge in [0.05, 0.1) is 10.9 Å². The molecule has 0 saturated heterocycles. The summed E-state index contributed by atoms with van der Waals surface area (Å²) in [6.45, 7) is -0.0866. The second kappa shape index (κ2) is 7.15. The maximum absolute atomic E-state index is 12.3. The van der Waals surface area contributed by atoms with Crippen LogP contribution in [0.1, 0.15) is 31.7 Å². The molecule has 0 atom stereocenters. The molecule has 0 bridgehead atoms. The van der Waals surface area contributed by atoms with E-state index in [1.165, 1.54) is 0 Å². The largest absolute Gasteiger partial charge is 0.375 e. The molecule has 26 heavy (non-hydrogen) atoms. The summed E-state index contributed by atoms with van der Waals surface area (Å²) in [6, 6.07) is 3.83. The number of pyridine rings is 2. The van der Waals surface area contributed by atoms with E-state index in [9.17, 15) is 13.6 Å². The van der Waals surface area contributed by atoms with Crippen molar-refractivity contribution in [3.8, 4) is 0 Å². The monoisotopic (exact) mass is 361 g/mol. The quantitative estimate of drug-likeness (QED) is 0.750. The molecule has 1 N–H and O–H groups in total. The number of hydrogen-bond acceptors (Lipinski definition) is 3. The molecule has 7 heteroatoms. The van der Waals surface area contributed by atoms with Crippen LogP contribution >= 0.6 is 0 Å². The SMILES string of the molecule is O=c1ccn(C2CCC(COCC(F)F)CC2)c2c1cnc1[nH]ccc12. The Balaban J connectivity index is 1.57. The van der Waals surface area contributed by atoms with Gasteiger partial charge in [0, 0.05) is 42.7 Å². The molecule has 0 amide bonds. The summed E-state index contributed by atoms with van der Waals surface area (Å²) in [6.07, 6.45) is 6.68. The fourth-order valence-electron chi connectivity index (χ4n) is 3.98. The van der Waals surface area contributed by atoms with Gasteiger partial charge in [0.2, 0.25) is 0 Å². The third kappa shape index (κ3) is 3.23. The molecule has 0 unspecified atom stereocenters. The van der Waals surface area contributed by atoms with E-state index < -0.39 is 13.0 Å². The number of nitrogens with zero attached hydrogens (tertiary/aromatic N) is 2. The van der Waals surface area contributed by atoms with Crippen molar-refractivity contribution in [3.63, 3.8) is 0 Å². The molecular formula is C19H21F2N3O2. The van der Waals surface area contributed by atoms with Crippen LogP contribution in [0.5, 0.6) is 0 Å². The second-order valence-corrected chi connectivity index (χ2v) is 6.95. The van der Waals surface area contributed by atoms with E-state index in [1.54, 1.807) is 12.3 Å². The van der Waals surface area contributed by atoms with Gasteiger partial charge in [-0.05, 0) is 37.7 Å². The fraction of sp³-hybridized carbons (Fsp3) is 0.474. The first-order valence-corrected chi connectivity index (χ1v) is 8.96. The fourth-order valence-corrected chi connectivity index (χ4v) is 3.98. The molecule has 0 aromatic carbocycles. The Morgan fingerprint density at radius 3 is 2.81 bits per heavy atom. The minimum absolute atomic E-state index is 0.0269. The first-order chi connectivity index (χ1) is 12.6. The topological polar surface area (TPSA) is 59.9 Å². The van der Waals surface area contributed by atoms with Crippen LogP contribution in [0.4, 0.5) is 8.78 Å². The van der Waals surface area contributed by atoms with Crippen LogP contribution in [-0.4, -0.2) is 34.2 Å². The Labute approximate surface area is 149 Å². The zero-order chi connectivity index (χ0) is 18.1. The van der Waals surface area contributed by atoms with Crippen molar-refractivity contribution in [1.29, 1.82) is 0 Å². The molecule has 3 aromatic heterocycles. The standard InChI is InChI=1S/C19H21F2N3O2/c20-17(21)11-26-10-12-1-3-13(4-2-12)24-8-6-16(25)15-9-23-19-14(18(15)24)5-7-22-19/h5-9,12-13,17H,1-4,10-11H2,(H,22,23). The summed E-state index contributed by atoms with van der Waals surface area (Å²) in [5.41, 5.74) is 1.66. The minimum atomic E-state index is -2.41. The van der Waals surface area contributed by atoms with Crippen LogP contribution in [-0.2, 0) is 4.74 Å².